The summed E-state index contributed by atoms with van der Waals surface area (Å²) in [6.45, 7) is -0.0943. The number of rotatable bonds is 4. The number of nitrogen functional groups attached to an aromatic ring is 1. The quantitative estimate of drug-likeness (QED) is 0.730. The maximum absolute atomic E-state index is 13.1. The fourth-order valence-electron chi connectivity index (χ4n) is 1.82. The van der Waals surface area contributed by atoms with Crippen LogP contribution in [-0.2, 0) is 10.0 Å². The summed E-state index contributed by atoms with van der Waals surface area (Å²) in [4.78, 5) is -0.295. The maximum atomic E-state index is 13.1. The summed E-state index contributed by atoms with van der Waals surface area (Å²) in [6.07, 6.45) is 1.96. The third-order valence-electron chi connectivity index (χ3n) is 3.22. The van der Waals surface area contributed by atoms with Crippen molar-refractivity contribution in [1.29, 1.82) is 0 Å². The monoisotopic (exact) mass is 308 g/mol. The fraction of sp³-hybridized carbons (Fsp3) is 0.455. The number of halogens is 2. The molecular formula is C11H14ClFN2O3S. The Bertz CT molecular complexity index is 602. The molecule has 2 rings (SSSR count). The molecule has 106 valence electrons. The summed E-state index contributed by atoms with van der Waals surface area (Å²) < 4.78 is 39.4. The molecule has 0 spiro atoms. The molecule has 1 aromatic carbocycles. The highest BCUT2D eigenvalue weighted by Crippen LogP contribution is 2.32. The van der Waals surface area contributed by atoms with E-state index < -0.39 is 21.4 Å². The Morgan fingerprint density at radius 1 is 1.47 bits per heavy atom. The summed E-state index contributed by atoms with van der Waals surface area (Å²) in [5.74, 6) is -0.776. The van der Waals surface area contributed by atoms with E-state index in [9.17, 15) is 17.9 Å². The molecular weight excluding hydrogens is 295 g/mol. The summed E-state index contributed by atoms with van der Waals surface area (Å²) in [7, 11) is -3.93. The minimum atomic E-state index is -3.93. The van der Waals surface area contributed by atoms with E-state index in [0.29, 0.717) is 12.8 Å². The Balaban J connectivity index is 2.22. The van der Waals surface area contributed by atoms with Crippen LogP contribution in [0.3, 0.4) is 0 Å². The van der Waals surface area contributed by atoms with Gasteiger partial charge in [-0.1, -0.05) is 11.6 Å². The molecule has 1 aliphatic carbocycles. The first-order valence-electron chi connectivity index (χ1n) is 5.70. The first-order chi connectivity index (χ1) is 8.73. The molecule has 4 N–H and O–H groups in total. The van der Waals surface area contributed by atoms with Crippen molar-refractivity contribution >= 4 is 27.3 Å². The standard InChI is InChI=1S/C11H14ClFN2O3S/c12-7-4-8(13)9(14)5-10(7)19(17,18)15-6-11(16)2-1-3-11/h4-5,15-16H,1-3,6,14H2. The van der Waals surface area contributed by atoms with Crippen LogP contribution in [0.4, 0.5) is 10.1 Å². The average molecular weight is 309 g/mol. The summed E-state index contributed by atoms with van der Waals surface area (Å²) >= 11 is 5.71. The zero-order valence-electron chi connectivity index (χ0n) is 9.99. The van der Waals surface area contributed by atoms with Crippen LogP contribution < -0.4 is 10.5 Å². The van der Waals surface area contributed by atoms with Gasteiger partial charge in [0, 0.05) is 6.54 Å². The summed E-state index contributed by atoms with van der Waals surface area (Å²) in [5, 5.41) is 9.59. The second-order valence-electron chi connectivity index (χ2n) is 4.71. The molecule has 19 heavy (non-hydrogen) atoms. The first-order valence-corrected chi connectivity index (χ1v) is 7.56. The van der Waals surface area contributed by atoms with Gasteiger partial charge in [-0.25, -0.2) is 17.5 Å². The van der Waals surface area contributed by atoms with Crippen LogP contribution in [0.15, 0.2) is 17.0 Å². The number of aliphatic hydroxyl groups is 1. The van der Waals surface area contributed by atoms with Gasteiger partial charge in [0.15, 0.2) is 0 Å². The predicted octanol–water partition coefficient (Wildman–Crippen LogP) is 1.25. The number of nitrogens with two attached hydrogens (primary N) is 1. The van der Waals surface area contributed by atoms with Crippen LogP contribution in [0, 0.1) is 5.82 Å². The van der Waals surface area contributed by atoms with Gasteiger partial charge in [0.05, 0.1) is 16.3 Å². The average Bonchev–Trinajstić information content (AvgIpc) is 2.28. The lowest BCUT2D eigenvalue weighted by Gasteiger charge is -2.36. The smallest absolute Gasteiger partial charge is 0.242 e. The van der Waals surface area contributed by atoms with Crippen LogP contribution in [0.25, 0.3) is 0 Å². The Labute approximate surface area is 115 Å². The minimum absolute atomic E-state index is 0.0943. The van der Waals surface area contributed by atoms with Crippen molar-refractivity contribution < 1.29 is 17.9 Å². The van der Waals surface area contributed by atoms with Gasteiger partial charge in [-0.15, -0.1) is 0 Å². The number of nitrogens with one attached hydrogen (secondary N) is 1. The van der Waals surface area contributed by atoms with Crippen molar-refractivity contribution in [3.8, 4) is 0 Å². The first kappa shape index (κ1) is 14.5. The molecule has 1 fully saturated rings. The highest BCUT2D eigenvalue weighted by atomic mass is 35.5. The molecule has 8 heteroatoms. The number of hydrogen-bond donors (Lipinski definition) is 3. The molecule has 0 bridgehead atoms. The molecule has 0 amide bonds. The lowest BCUT2D eigenvalue weighted by Crippen LogP contribution is -2.47. The van der Waals surface area contributed by atoms with Gasteiger partial charge in [-0.05, 0) is 31.4 Å². The molecule has 0 aliphatic heterocycles. The van der Waals surface area contributed by atoms with Crippen LogP contribution in [-0.4, -0.2) is 25.7 Å². The lowest BCUT2D eigenvalue weighted by atomic mass is 9.81. The largest absolute Gasteiger partial charge is 0.396 e. The number of sulfonamides is 1. The van der Waals surface area contributed by atoms with Crippen molar-refractivity contribution in [1.82, 2.24) is 4.72 Å². The zero-order chi connectivity index (χ0) is 14.3. The van der Waals surface area contributed by atoms with E-state index >= 15 is 0 Å². The van der Waals surface area contributed by atoms with Crippen LogP contribution in [0.5, 0.6) is 0 Å². The Morgan fingerprint density at radius 3 is 2.63 bits per heavy atom. The normalized spacial score (nSPS) is 18.1. The molecule has 0 radical (unpaired) electrons. The topological polar surface area (TPSA) is 92.4 Å². The second kappa shape index (κ2) is 4.90. The van der Waals surface area contributed by atoms with E-state index in [1.54, 1.807) is 0 Å². The zero-order valence-corrected chi connectivity index (χ0v) is 11.6. The Hall–Kier alpha value is -0.890. The Morgan fingerprint density at radius 2 is 2.11 bits per heavy atom. The van der Waals surface area contributed by atoms with Crippen molar-refractivity contribution in [3.05, 3.63) is 23.0 Å². The molecule has 1 aliphatic rings. The minimum Gasteiger partial charge on any atom is -0.396 e. The van der Waals surface area contributed by atoms with Gasteiger partial charge in [-0.2, -0.15) is 0 Å². The highest BCUT2D eigenvalue weighted by Gasteiger charge is 2.35. The Kier molecular flexibility index (Phi) is 3.74. The summed E-state index contributed by atoms with van der Waals surface area (Å²) in [5.41, 5.74) is 4.04. The number of anilines is 1. The van der Waals surface area contributed by atoms with Gasteiger partial charge in [-0.3, -0.25) is 0 Å². The summed E-state index contributed by atoms with van der Waals surface area (Å²) in [6, 6.07) is 1.81. The third-order valence-corrected chi connectivity index (χ3v) is 5.08. The van der Waals surface area contributed by atoms with E-state index in [2.05, 4.69) is 4.72 Å². The highest BCUT2D eigenvalue weighted by molar-refractivity contribution is 7.89. The van der Waals surface area contributed by atoms with E-state index in [1.807, 2.05) is 0 Å². The molecule has 0 saturated heterocycles. The van der Waals surface area contributed by atoms with Gasteiger partial charge in [0.1, 0.15) is 10.7 Å². The molecule has 0 heterocycles. The third kappa shape index (κ3) is 3.00. The van der Waals surface area contributed by atoms with E-state index in [1.165, 1.54) is 0 Å². The van der Waals surface area contributed by atoms with Gasteiger partial charge < -0.3 is 10.8 Å². The SMILES string of the molecule is Nc1cc(S(=O)(=O)NCC2(O)CCC2)c(Cl)cc1F. The van der Waals surface area contributed by atoms with Crippen LogP contribution in [0.2, 0.25) is 5.02 Å². The molecule has 5 nitrogen and oxygen atoms in total. The fourth-order valence-corrected chi connectivity index (χ4v) is 3.49. The number of benzene rings is 1. The van der Waals surface area contributed by atoms with Crippen molar-refractivity contribution in [2.45, 2.75) is 29.8 Å². The van der Waals surface area contributed by atoms with Gasteiger partial charge in [0.25, 0.3) is 0 Å². The molecule has 0 atom stereocenters. The number of hydrogen-bond acceptors (Lipinski definition) is 4. The van der Waals surface area contributed by atoms with E-state index in [-0.39, 0.29) is 22.2 Å². The lowest BCUT2D eigenvalue weighted by molar-refractivity contribution is -0.0270. The molecule has 0 unspecified atom stereocenters. The molecule has 1 saturated carbocycles. The van der Waals surface area contributed by atoms with Crippen LogP contribution >= 0.6 is 11.6 Å². The van der Waals surface area contributed by atoms with Crippen LogP contribution in [0.1, 0.15) is 19.3 Å². The van der Waals surface area contributed by atoms with Gasteiger partial charge in [0.2, 0.25) is 10.0 Å². The maximum Gasteiger partial charge on any atom is 0.242 e. The van der Waals surface area contributed by atoms with E-state index in [4.69, 9.17) is 17.3 Å². The molecule has 1 aromatic rings. The molecule has 0 aromatic heterocycles. The van der Waals surface area contributed by atoms with Crippen molar-refractivity contribution in [2.24, 2.45) is 0 Å². The van der Waals surface area contributed by atoms with E-state index in [0.717, 1.165) is 18.6 Å². The van der Waals surface area contributed by atoms with Crippen molar-refractivity contribution in [3.63, 3.8) is 0 Å². The van der Waals surface area contributed by atoms with Gasteiger partial charge >= 0.3 is 0 Å². The predicted molar refractivity (Wildman–Crippen MR) is 69.8 cm³/mol. The second-order valence-corrected chi connectivity index (χ2v) is 6.85. The van der Waals surface area contributed by atoms with Crippen molar-refractivity contribution in [2.75, 3.05) is 12.3 Å².